The van der Waals surface area contributed by atoms with Crippen molar-refractivity contribution in [2.24, 2.45) is 0 Å². The van der Waals surface area contributed by atoms with Crippen LogP contribution in [0, 0.1) is 11.6 Å². The van der Waals surface area contributed by atoms with Crippen molar-refractivity contribution in [1.82, 2.24) is 19.7 Å². The Morgan fingerprint density at radius 3 is 2.74 bits per heavy atom. The molecule has 1 saturated heterocycles. The molecule has 0 bridgehead atoms. The second-order valence-electron chi connectivity index (χ2n) is 8.09. The number of fused-ring (bicyclic) bond motifs is 1. The van der Waals surface area contributed by atoms with Gasteiger partial charge in [-0.3, -0.25) is 4.40 Å². The summed E-state index contributed by atoms with van der Waals surface area (Å²) >= 11 is 0. The minimum absolute atomic E-state index is 0.151. The van der Waals surface area contributed by atoms with E-state index >= 15 is 0 Å². The number of nitrogens with one attached hydrogen (secondary N) is 2. The number of ether oxygens (including phenoxy) is 1. The van der Waals surface area contributed by atoms with Crippen LogP contribution in [0.2, 0.25) is 0 Å². The largest absolute Gasteiger partial charge is 0.496 e. The summed E-state index contributed by atoms with van der Waals surface area (Å²) in [5, 5.41) is 16.3. The van der Waals surface area contributed by atoms with E-state index in [1.165, 1.54) is 13.3 Å². The SMILES string of the molecule is COc1cc2ncc(-c3nc(NC4CNCCC4F)c(F)cc3F)n2cc1C(C)(C)O. The van der Waals surface area contributed by atoms with Crippen molar-refractivity contribution in [3.8, 4) is 17.1 Å². The molecule has 10 heteroatoms. The van der Waals surface area contributed by atoms with Gasteiger partial charge in [0.2, 0.25) is 0 Å². The van der Waals surface area contributed by atoms with E-state index in [9.17, 15) is 18.3 Å². The van der Waals surface area contributed by atoms with E-state index in [4.69, 9.17) is 4.74 Å². The molecule has 1 aliphatic rings. The van der Waals surface area contributed by atoms with Gasteiger partial charge in [-0.1, -0.05) is 0 Å². The van der Waals surface area contributed by atoms with E-state index in [2.05, 4.69) is 20.6 Å². The van der Waals surface area contributed by atoms with Crippen LogP contribution >= 0.6 is 0 Å². The summed E-state index contributed by atoms with van der Waals surface area (Å²) in [6.45, 7) is 4.04. The number of rotatable bonds is 5. The zero-order valence-corrected chi connectivity index (χ0v) is 17.4. The Kier molecular flexibility index (Phi) is 5.52. The van der Waals surface area contributed by atoms with E-state index in [0.29, 0.717) is 42.5 Å². The van der Waals surface area contributed by atoms with Gasteiger partial charge in [-0.2, -0.15) is 0 Å². The molecule has 1 aliphatic heterocycles. The second kappa shape index (κ2) is 8.01. The molecule has 4 heterocycles. The second-order valence-corrected chi connectivity index (χ2v) is 8.09. The van der Waals surface area contributed by atoms with Gasteiger partial charge in [-0.15, -0.1) is 0 Å². The lowest BCUT2D eigenvalue weighted by atomic mass is 9.99. The number of aromatic nitrogens is 3. The smallest absolute Gasteiger partial charge is 0.168 e. The predicted octanol–water partition coefficient (Wildman–Crippen LogP) is 3.02. The lowest BCUT2D eigenvalue weighted by Gasteiger charge is -2.28. The lowest BCUT2D eigenvalue weighted by molar-refractivity contribution is 0.0752. The molecule has 3 aromatic heterocycles. The molecule has 2 unspecified atom stereocenters. The third-order valence-electron chi connectivity index (χ3n) is 5.38. The highest BCUT2D eigenvalue weighted by molar-refractivity contribution is 5.65. The molecule has 2 atom stereocenters. The monoisotopic (exact) mass is 435 g/mol. The Hall–Kier alpha value is -2.85. The number of piperidine rings is 1. The number of imidazole rings is 1. The van der Waals surface area contributed by atoms with Crippen LogP contribution in [0.4, 0.5) is 19.0 Å². The van der Waals surface area contributed by atoms with E-state index in [-0.39, 0.29) is 17.2 Å². The summed E-state index contributed by atoms with van der Waals surface area (Å²) in [5.41, 5.74) is -0.256. The first-order valence-electron chi connectivity index (χ1n) is 9.94. The number of aliphatic hydroxyl groups is 1. The molecule has 7 nitrogen and oxygen atoms in total. The maximum Gasteiger partial charge on any atom is 0.168 e. The van der Waals surface area contributed by atoms with Gasteiger partial charge < -0.3 is 20.5 Å². The molecule has 0 radical (unpaired) electrons. The van der Waals surface area contributed by atoms with Gasteiger partial charge in [0.25, 0.3) is 0 Å². The fourth-order valence-electron chi connectivity index (χ4n) is 3.70. The highest BCUT2D eigenvalue weighted by Gasteiger charge is 2.27. The number of hydrogen-bond acceptors (Lipinski definition) is 6. The van der Waals surface area contributed by atoms with Crippen LogP contribution in [-0.4, -0.2) is 51.9 Å². The molecule has 0 aromatic carbocycles. The first kappa shape index (κ1) is 21.4. The minimum atomic E-state index is -1.24. The summed E-state index contributed by atoms with van der Waals surface area (Å²) < 4.78 is 50.2. The van der Waals surface area contributed by atoms with Crippen LogP contribution in [0.1, 0.15) is 25.8 Å². The summed E-state index contributed by atoms with van der Waals surface area (Å²) in [4.78, 5) is 8.38. The topological polar surface area (TPSA) is 83.7 Å². The molecule has 0 spiro atoms. The molecule has 166 valence electrons. The Bertz CT molecular complexity index is 1110. The molecular weight excluding hydrogens is 411 g/mol. The number of methoxy groups -OCH3 is 1. The molecule has 0 saturated carbocycles. The number of alkyl halides is 1. The van der Waals surface area contributed by atoms with Crippen LogP contribution in [0.15, 0.2) is 24.5 Å². The quantitative estimate of drug-likeness (QED) is 0.572. The average Bonchev–Trinajstić information content (AvgIpc) is 3.12. The van der Waals surface area contributed by atoms with Crippen LogP contribution < -0.4 is 15.4 Å². The summed E-state index contributed by atoms with van der Waals surface area (Å²) in [6, 6.07) is 1.65. The van der Waals surface area contributed by atoms with Crippen molar-refractivity contribution < 1.29 is 23.0 Å². The van der Waals surface area contributed by atoms with Crippen LogP contribution in [0.3, 0.4) is 0 Å². The molecule has 0 amide bonds. The molecular formula is C21H24F3N5O2. The molecule has 3 aromatic rings. The van der Waals surface area contributed by atoms with Crippen LogP contribution in [0.25, 0.3) is 17.0 Å². The number of nitrogens with zero attached hydrogens (tertiary/aromatic N) is 3. The summed E-state index contributed by atoms with van der Waals surface area (Å²) in [7, 11) is 1.47. The van der Waals surface area contributed by atoms with Crippen molar-refractivity contribution in [1.29, 1.82) is 0 Å². The normalized spacial score (nSPS) is 19.6. The van der Waals surface area contributed by atoms with Crippen molar-refractivity contribution in [2.45, 2.75) is 38.1 Å². The zero-order chi connectivity index (χ0) is 22.3. The number of halogens is 3. The Morgan fingerprint density at radius 2 is 2.06 bits per heavy atom. The first-order chi connectivity index (χ1) is 14.7. The average molecular weight is 435 g/mol. The minimum Gasteiger partial charge on any atom is -0.496 e. The van der Waals surface area contributed by atoms with Gasteiger partial charge in [0, 0.05) is 30.4 Å². The maximum atomic E-state index is 14.7. The van der Waals surface area contributed by atoms with Crippen molar-refractivity contribution in [3.63, 3.8) is 0 Å². The Morgan fingerprint density at radius 1 is 1.29 bits per heavy atom. The number of hydrogen-bond donors (Lipinski definition) is 3. The Balaban J connectivity index is 1.80. The molecule has 0 aliphatic carbocycles. The maximum absolute atomic E-state index is 14.7. The van der Waals surface area contributed by atoms with E-state index in [1.54, 1.807) is 30.5 Å². The highest BCUT2D eigenvalue weighted by Crippen LogP contribution is 2.33. The van der Waals surface area contributed by atoms with Crippen LogP contribution in [0.5, 0.6) is 5.75 Å². The highest BCUT2D eigenvalue weighted by atomic mass is 19.1. The van der Waals surface area contributed by atoms with Gasteiger partial charge in [-0.25, -0.2) is 23.1 Å². The van der Waals surface area contributed by atoms with Crippen molar-refractivity contribution in [3.05, 3.63) is 41.7 Å². The van der Waals surface area contributed by atoms with E-state index < -0.39 is 29.4 Å². The standard InChI is InChI=1S/C21H24F3N5O2/c1-21(2,30)11-10-29-16(9-26-18(29)7-17(11)31-3)19-13(23)6-14(24)20(28-19)27-15-8-25-5-4-12(15)22/h6-7,9-10,12,15,25,30H,4-5,8H2,1-3H3,(H,27,28). The fourth-order valence-corrected chi connectivity index (χ4v) is 3.70. The lowest BCUT2D eigenvalue weighted by Crippen LogP contribution is -2.46. The number of pyridine rings is 2. The van der Waals surface area contributed by atoms with E-state index in [0.717, 1.165) is 0 Å². The van der Waals surface area contributed by atoms with Crippen molar-refractivity contribution in [2.75, 3.05) is 25.5 Å². The third kappa shape index (κ3) is 4.05. The first-order valence-corrected chi connectivity index (χ1v) is 9.94. The number of anilines is 1. The molecule has 1 fully saturated rings. The fraction of sp³-hybridized carbons (Fsp3) is 0.429. The van der Waals surface area contributed by atoms with Gasteiger partial charge in [0.05, 0.1) is 30.6 Å². The zero-order valence-electron chi connectivity index (χ0n) is 17.4. The van der Waals surface area contributed by atoms with Crippen LogP contribution in [-0.2, 0) is 5.60 Å². The van der Waals surface area contributed by atoms with E-state index in [1.807, 2.05) is 0 Å². The van der Waals surface area contributed by atoms with Gasteiger partial charge in [0.15, 0.2) is 17.5 Å². The molecule has 3 N–H and O–H groups in total. The summed E-state index contributed by atoms with van der Waals surface area (Å²) in [6.07, 6.45) is 2.10. The summed E-state index contributed by atoms with van der Waals surface area (Å²) in [5.74, 6) is -1.61. The molecule has 31 heavy (non-hydrogen) atoms. The Labute approximate surface area is 177 Å². The predicted molar refractivity (Wildman–Crippen MR) is 110 cm³/mol. The molecule has 4 rings (SSSR count). The van der Waals surface area contributed by atoms with Gasteiger partial charge in [-0.05, 0) is 26.8 Å². The third-order valence-corrected chi connectivity index (χ3v) is 5.38. The van der Waals surface area contributed by atoms with Gasteiger partial charge >= 0.3 is 0 Å². The van der Waals surface area contributed by atoms with Crippen molar-refractivity contribution >= 4 is 11.5 Å². The van der Waals surface area contributed by atoms with Gasteiger partial charge in [0.1, 0.15) is 23.3 Å².